The molecular formula is C12H11FN4O2. The van der Waals surface area contributed by atoms with E-state index in [1.165, 1.54) is 12.1 Å². The van der Waals surface area contributed by atoms with E-state index < -0.39 is 16.4 Å². The highest BCUT2D eigenvalue weighted by molar-refractivity contribution is 5.51. The van der Waals surface area contributed by atoms with Crippen LogP contribution in [0.25, 0.3) is 5.69 Å². The summed E-state index contributed by atoms with van der Waals surface area (Å²) in [4.78, 5) is 10.0. The zero-order valence-corrected chi connectivity index (χ0v) is 9.97. The molecule has 0 fully saturated rings. The van der Waals surface area contributed by atoms with Gasteiger partial charge in [-0.3, -0.25) is 10.1 Å². The summed E-state index contributed by atoms with van der Waals surface area (Å²) in [5.74, 6) is -0.412. The number of nitro benzene ring substituents is 1. The lowest BCUT2D eigenvalue weighted by Crippen LogP contribution is -2.03. The zero-order valence-electron chi connectivity index (χ0n) is 9.97. The standard InChI is InChI=1S/C12H11FN4O2/c13-9-5-4-7(6-11(9)17(18)19)16-10-3-1-2-8(10)12(14)15-16/h4-6H,1-3H2,(H2,14,15). The number of fused-ring (bicyclic) bond motifs is 1. The summed E-state index contributed by atoms with van der Waals surface area (Å²) in [6.07, 6.45) is 2.68. The van der Waals surface area contributed by atoms with Crippen LogP contribution in [0.3, 0.4) is 0 Å². The number of nitrogens with two attached hydrogens (primary N) is 1. The highest BCUT2D eigenvalue weighted by atomic mass is 19.1. The summed E-state index contributed by atoms with van der Waals surface area (Å²) in [6.45, 7) is 0. The molecular weight excluding hydrogens is 251 g/mol. The second-order valence-electron chi connectivity index (χ2n) is 4.47. The smallest absolute Gasteiger partial charge is 0.306 e. The molecule has 1 aromatic heterocycles. The number of hydrogen-bond donors (Lipinski definition) is 1. The molecule has 0 bridgehead atoms. The molecule has 1 aliphatic rings. The molecule has 1 aromatic carbocycles. The summed E-state index contributed by atoms with van der Waals surface area (Å²) in [7, 11) is 0. The van der Waals surface area contributed by atoms with Crippen molar-refractivity contribution in [2.45, 2.75) is 19.3 Å². The molecule has 0 amide bonds. The van der Waals surface area contributed by atoms with Crippen LogP contribution in [0.5, 0.6) is 0 Å². The average Bonchev–Trinajstić information content (AvgIpc) is 2.94. The monoisotopic (exact) mass is 262 g/mol. The molecule has 0 spiro atoms. The molecule has 0 saturated carbocycles. The van der Waals surface area contributed by atoms with Crippen molar-refractivity contribution in [1.29, 1.82) is 0 Å². The highest BCUT2D eigenvalue weighted by Crippen LogP contribution is 2.30. The van der Waals surface area contributed by atoms with Crippen molar-refractivity contribution in [3.05, 3.63) is 45.4 Å². The fourth-order valence-corrected chi connectivity index (χ4v) is 2.45. The predicted octanol–water partition coefficient (Wildman–Crippen LogP) is 1.99. The average molecular weight is 262 g/mol. The molecule has 0 atom stereocenters. The Hall–Kier alpha value is -2.44. The van der Waals surface area contributed by atoms with Crippen molar-refractivity contribution in [2.24, 2.45) is 0 Å². The maximum Gasteiger partial charge on any atom is 0.306 e. The summed E-state index contributed by atoms with van der Waals surface area (Å²) in [6, 6.07) is 3.72. The Morgan fingerprint density at radius 1 is 1.42 bits per heavy atom. The molecule has 19 heavy (non-hydrogen) atoms. The van der Waals surface area contributed by atoms with E-state index in [4.69, 9.17) is 5.73 Å². The van der Waals surface area contributed by atoms with E-state index in [0.717, 1.165) is 36.6 Å². The third-order valence-corrected chi connectivity index (χ3v) is 3.33. The fourth-order valence-electron chi connectivity index (χ4n) is 2.45. The molecule has 6 nitrogen and oxygen atoms in total. The van der Waals surface area contributed by atoms with Crippen LogP contribution in [-0.4, -0.2) is 14.7 Å². The Bertz CT molecular complexity index is 681. The second kappa shape index (κ2) is 4.04. The molecule has 0 aliphatic heterocycles. The van der Waals surface area contributed by atoms with Gasteiger partial charge in [-0.2, -0.15) is 9.49 Å². The first-order valence-electron chi connectivity index (χ1n) is 5.88. The topological polar surface area (TPSA) is 87.0 Å². The minimum Gasteiger partial charge on any atom is -0.382 e. The van der Waals surface area contributed by atoms with Crippen LogP contribution in [0.1, 0.15) is 17.7 Å². The van der Waals surface area contributed by atoms with Gasteiger partial charge in [0.25, 0.3) is 0 Å². The third kappa shape index (κ3) is 1.74. The molecule has 1 aliphatic carbocycles. The second-order valence-corrected chi connectivity index (χ2v) is 4.47. The normalized spacial score (nSPS) is 13.5. The number of nitrogens with zero attached hydrogens (tertiary/aromatic N) is 3. The molecule has 1 heterocycles. The summed E-state index contributed by atoms with van der Waals surface area (Å²) >= 11 is 0. The van der Waals surface area contributed by atoms with Crippen molar-refractivity contribution in [3.8, 4) is 5.69 Å². The van der Waals surface area contributed by atoms with Gasteiger partial charge in [0.1, 0.15) is 5.82 Å². The molecule has 98 valence electrons. The Morgan fingerprint density at radius 2 is 2.21 bits per heavy atom. The predicted molar refractivity (Wildman–Crippen MR) is 66.6 cm³/mol. The Kier molecular flexibility index (Phi) is 2.48. The number of halogens is 1. The van der Waals surface area contributed by atoms with Gasteiger partial charge in [-0.25, -0.2) is 4.68 Å². The lowest BCUT2D eigenvalue weighted by atomic mass is 10.2. The zero-order chi connectivity index (χ0) is 13.6. The number of hydrogen-bond acceptors (Lipinski definition) is 4. The number of nitro groups is 1. The number of rotatable bonds is 2. The lowest BCUT2D eigenvalue weighted by Gasteiger charge is -2.05. The number of nitrogen functional groups attached to an aromatic ring is 1. The first-order valence-corrected chi connectivity index (χ1v) is 5.88. The summed E-state index contributed by atoms with van der Waals surface area (Å²) in [5.41, 5.74) is 7.67. The van der Waals surface area contributed by atoms with Crippen LogP contribution in [0.4, 0.5) is 15.9 Å². The minimum atomic E-state index is -0.856. The van der Waals surface area contributed by atoms with E-state index in [0.29, 0.717) is 11.5 Å². The quantitative estimate of drug-likeness (QED) is 0.662. The molecule has 0 radical (unpaired) electrons. The van der Waals surface area contributed by atoms with Gasteiger partial charge in [0.15, 0.2) is 0 Å². The van der Waals surface area contributed by atoms with Gasteiger partial charge in [-0.05, 0) is 31.4 Å². The van der Waals surface area contributed by atoms with Gasteiger partial charge in [0.2, 0.25) is 5.82 Å². The Morgan fingerprint density at radius 3 is 2.95 bits per heavy atom. The summed E-state index contributed by atoms with van der Waals surface area (Å²) < 4.78 is 14.9. The van der Waals surface area contributed by atoms with Gasteiger partial charge in [-0.15, -0.1) is 0 Å². The molecule has 3 rings (SSSR count). The van der Waals surface area contributed by atoms with E-state index in [2.05, 4.69) is 5.10 Å². The van der Waals surface area contributed by atoms with Crippen molar-refractivity contribution in [2.75, 3.05) is 5.73 Å². The lowest BCUT2D eigenvalue weighted by molar-refractivity contribution is -0.387. The van der Waals surface area contributed by atoms with Crippen LogP contribution in [0.15, 0.2) is 18.2 Å². The minimum absolute atomic E-state index is 0.444. The molecule has 7 heteroatoms. The van der Waals surface area contributed by atoms with Crippen molar-refractivity contribution in [3.63, 3.8) is 0 Å². The van der Waals surface area contributed by atoms with Crippen molar-refractivity contribution in [1.82, 2.24) is 9.78 Å². The first-order chi connectivity index (χ1) is 9.08. The number of benzene rings is 1. The number of anilines is 1. The van der Waals surface area contributed by atoms with Crippen molar-refractivity contribution < 1.29 is 9.31 Å². The van der Waals surface area contributed by atoms with E-state index in [9.17, 15) is 14.5 Å². The van der Waals surface area contributed by atoms with E-state index in [1.54, 1.807) is 4.68 Å². The van der Waals surface area contributed by atoms with Gasteiger partial charge >= 0.3 is 5.69 Å². The van der Waals surface area contributed by atoms with Crippen LogP contribution < -0.4 is 5.73 Å². The summed E-state index contributed by atoms with van der Waals surface area (Å²) in [5, 5.41) is 14.9. The Balaban J connectivity index is 2.15. The highest BCUT2D eigenvalue weighted by Gasteiger charge is 2.23. The Labute approximate surface area is 107 Å². The third-order valence-electron chi connectivity index (χ3n) is 3.33. The largest absolute Gasteiger partial charge is 0.382 e. The fraction of sp³-hybridized carbons (Fsp3) is 0.250. The van der Waals surface area contributed by atoms with Crippen LogP contribution >= 0.6 is 0 Å². The molecule has 2 aromatic rings. The van der Waals surface area contributed by atoms with E-state index >= 15 is 0 Å². The first kappa shape index (κ1) is 11.6. The number of aromatic nitrogens is 2. The maximum atomic E-state index is 13.3. The van der Waals surface area contributed by atoms with Gasteiger partial charge in [0.05, 0.1) is 10.6 Å². The van der Waals surface area contributed by atoms with Gasteiger partial charge in [-0.1, -0.05) is 0 Å². The van der Waals surface area contributed by atoms with Crippen molar-refractivity contribution >= 4 is 11.5 Å². The van der Waals surface area contributed by atoms with Crippen LogP contribution in [0.2, 0.25) is 0 Å². The molecule has 0 unspecified atom stereocenters. The maximum absolute atomic E-state index is 13.3. The van der Waals surface area contributed by atoms with E-state index in [-0.39, 0.29) is 0 Å². The van der Waals surface area contributed by atoms with Crippen LogP contribution in [0, 0.1) is 15.9 Å². The molecule has 2 N–H and O–H groups in total. The van der Waals surface area contributed by atoms with Gasteiger partial charge in [0, 0.05) is 17.3 Å². The van der Waals surface area contributed by atoms with Crippen LogP contribution in [-0.2, 0) is 12.8 Å². The SMILES string of the molecule is Nc1nn(-c2ccc(F)c([N+](=O)[O-])c2)c2c1CCC2. The molecule has 0 saturated heterocycles. The van der Waals surface area contributed by atoms with E-state index in [1.807, 2.05) is 0 Å². The van der Waals surface area contributed by atoms with Gasteiger partial charge < -0.3 is 5.73 Å².